The van der Waals surface area contributed by atoms with Crippen LogP contribution in [-0.4, -0.2) is 73.6 Å². The summed E-state index contributed by atoms with van der Waals surface area (Å²) in [5.74, 6) is -0.0723. The summed E-state index contributed by atoms with van der Waals surface area (Å²) < 4.78 is 4.75. The van der Waals surface area contributed by atoms with Gasteiger partial charge in [-0.05, 0) is 19.8 Å². The molecular weight excluding hydrogens is 246 g/mol. The first kappa shape index (κ1) is 14.3. The largest absolute Gasteiger partial charge is 0.468 e. The van der Waals surface area contributed by atoms with E-state index in [1.807, 2.05) is 6.92 Å². The van der Waals surface area contributed by atoms with E-state index in [-0.39, 0.29) is 17.9 Å². The van der Waals surface area contributed by atoms with Crippen LogP contribution < -0.4 is 5.32 Å². The second-order valence-electron chi connectivity index (χ2n) is 5.35. The van der Waals surface area contributed by atoms with Crippen molar-refractivity contribution in [1.29, 1.82) is 0 Å². The molecule has 2 aliphatic rings. The number of methoxy groups -OCH3 is 1. The Morgan fingerprint density at radius 2 is 1.89 bits per heavy atom. The average Bonchev–Trinajstić information content (AvgIpc) is 3.21. The van der Waals surface area contributed by atoms with Crippen molar-refractivity contribution >= 4 is 11.9 Å². The van der Waals surface area contributed by atoms with Crippen LogP contribution in [0, 0.1) is 0 Å². The Kier molecular flexibility index (Phi) is 4.76. The summed E-state index contributed by atoms with van der Waals surface area (Å²) in [6.45, 7) is 5.57. The number of hydrogen-bond acceptors (Lipinski definition) is 5. The molecule has 2 fully saturated rings. The zero-order valence-electron chi connectivity index (χ0n) is 11.7. The van der Waals surface area contributed by atoms with Gasteiger partial charge in [-0.3, -0.25) is 19.4 Å². The van der Waals surface area contributed by atoms with Crippen LogP contribution in [0.25, 0.3) is 0 Å². The number of esters is 1. The smallest absolute Gasteiger partial charge is 0.322 e. The Balaban J connectivity index is 1.69. The fraction of sp³-hybridized carbons (Fsp3) is 0.846. The van der Waals surface area contributed by atoms with Gasteiger partial charge in [-0.15, -0.1) is 0 Å². The minimum Gasteiger partial charge on any atom is -0.468 e. The molecule has 1 aliphatic heterocycles. The van der Waals surface area contributed by atoms with Crippen molar-refractivity contribution in [2.24, 2.45) is 0 Å². The Labute approximate surface area is 114 Å². The molecule has 1 aliphatic carbocycles. The summed E-state index contributed by atoms with van der Waals surface area (Å²) >= 11 is 0. The van der Waals surface area contributed by atoms with Crippen molar-refractivity contribution in [2.75, 3.05) is 39.8 Å². The number of piperazine rings is 1. The van der Waals surface area contributed by atoms with Crippen LogP contribution >= 0.6 is 0 Å². The van der Waals surface area contributed by atoms with E-state index in [4.69, 9.17) is 4.74 Å². The van der Waals surface area contributed by atoms with Crippen molar-refractivity contribution in [3.05, 3.63) is 0 Å². The highest BCUT2D eigenvalue weighted by Crippen LogP contribution is 2.18. The lowest BCUT2D eigenvalue weighted by molar-refractivity contribution is -0.147. The van der Waals surface area contributed by atoms with Gasteiger partial charge in [0.15, 0.2) is 0 Å². The van der Waals surface area contributed by atoms with E-state index in [1.165, 1.54) is 7.11 Å². The molecule has 1 unspecified atom stereocenters. The maximum atomic E-state index is 11.7. The molecule has 6 nitrogen and oxygen atoms in total. The van der Waals surface area contributed by atoms with Gasteiger partial charge in [0.05, 0.1) is 13.7 Å². The molecule has 0 aromatic heterocycles. The van der Waals surface area contributed by atoms with Crippen LogP contribution in [-0.2, 0) is 14.3 Å². The summed E-state index contributed by atoms with van der Waals surface area (Å²) in [6.07, 6.45) is 2.24. The molecule has 1 heterocycles. The first-order chi connectivity index (χ1) is 9.10. The molecule has 2 rings (SSSR count). The highest BCUT2D eigenvalue weighted by Gasteiger charge is 2.28. The van der Waals surface area contributed by atoms with Gasteiger partial charge in [-0.1, -0.05) is 0 Å². The second kappa shape index (κ2) is 6.34. The standard InChI is InChI=1S/C13H23N3O3/c1-10(13(18)19-2)16-7-5-15(6-8-16)9-12(17)14-11-3-4-11/h10-11H,3-9H2,1-2H3,(H,14,17). The number of carbonyl (C=O) groups excluding carboxylic acids is 2. The summed E-state index contributed by atoms with van der Waals surface area (Å²) in [4.78, 5) is 27.4. The Morgan fingerprint density at radius 3 is 2.42 bits per heavy atom. The van der Waals surface area contributed by atoms with E-state index < -0.39 is 0 Å². The first-order valence-electron chi connectivity index (χ1n) is 6.93. The zero-order valence-corrected chi connectivity index (χ0v) is 11.7. The molecule has 1 amide bonds. The number of amides is 1. The molecule has 1 N–H and O–H groups in total. The summed E-state index contributed by atoms with van der Waals surface area (Å²) in [6, 6.07) is 0.223. The van der Waals surface area contributed by atoms with Crippen molar-refractivity contribution in [1.82, 2.24) is 15.1 Å². The van der Waals surface area contributed by atoms with Crippen LogP contribution in [0.4, 0.5) is 0 Å². The highest BCUT2D eigenvalue weighted by atomic mass is 16.5. The van der Waals surface area contributed by atoms with Crippen LogP contribution in [0.3, 0.4) is 0 Å². The number of carbonyl (C=O) groups is 2. The first-order valence-corrected chi connectivity index (χ1v) is 6.93. The van der Waals surface area contributed by atoms with E-state index in [0.29, 0.717) is 12.6 Å². The number of nitrogens with zero attached hydrogens (tertiary/aromatic N) is 2. The normalized spacial score (nSPS) is 22.8. The van der Waals surface area contributed by atoms with E-state index in [9.17, 15) is 9.59 Å². The minimum absolute atomic E-state index is 0.122. The Hall–Kier alpha value is -1.14. The maximum Gasteiger partial charge on any atom is 0.322 e. The van der Waals surface area contributed by atoms with Gasteiger partial charge in [0.2, 0.25) is 5.91 Å². The number of hydrogen-bond donors (Lipinski definition) is 1. The molecule has 0 aromatic carbocycles. The summed E-state index contributed by atoms with van der Waals surface area (Å²) in [5.41, 5.74) is 0. The van der Waals surface area contributed by atoms with Gasteiger partial charge in [0.1, 0.15) is 6.04 Å². The lowest BCUT2D eigenvalue weighted by Gasteiger charge is -2.36. The molecule has 0 spiro atoms. The van der Waals surface area contributed by atoms with Crippen molar-refractivity contribution in [2.45, 2.75) is 31.8 Å². The number of nitrogens with one attached hydrogen (secondary N) is 1. The van der Waals surface area contributed by atoms with E-state index in [2.05, 4.69) is 15.1 Å². The molecule has 19 heavy (non-hydrogen) atoms. The monoisotopic (exact) mass is 269 g/mol. The third kappa shape index (κ3) is 4.18. The fourth-order valence-electron chi connectivity index (χ4n) is 2.33. The lowest BCUT2D eigenvalue weighted by Crippen LogP contribution is -2.53. The SMILES string of the molecule is COC(=O)C(C)N1CCN(CC(=O)NC2CC2)CC1. The third-order valence-corrected chi connectivity index (χ3v) is 3.81. The molecular formula is C13H23N3O3. The van der Waals surface area contributed by atoms with Crippen molar-refractivity contribution in [3.8, 4) is 0 Å². The van der Waals surface area contributed by atoms with Gasteiger partial charge in [-0.2, -0.15) is 0 Å². The summed E-state index contributed by atoms with van der Waals surface area (Å²) in [5, 5.41) is 2.99. The predicted molar refractivity (Wildman–Crippen MR) is 70.7 cm³/mol. The predicted octanol–water partition coefficient (Wildman–Crippen LogP) is -0.556. The Morgan fingerprint density at radius 1 is 1.26 bits per heavy atom. The van der Waals surface area contributed by atoms with Crippen LogP contribution in [0.2, 0.25) is 0 Å². The molecule has 108 valence electrons. The average molecular weight is 269 g/mol. The van der Waals surface area contributed by atoms with Gasteiger partial charge in [0, 0.05) is 32.2 Å². The number of ether oxygens (including phenoxy) is 1. The minimum atomic E-state index is -0.201. The van der Waals surface area contributed by atoms with E-state index >= 15 is 0 Å². The topological polar surface area (TPSA) is 61.9 Å². The third-order valence-electron chi connectivity index (χ3n) is 3.81. The van der Waals surface area contributed by atoms with E-state index in [0.717, 1.165) is 39.0 Å². The molecule has 1 atom stereocenters. The maximum absolute atomic E-state index is 11.7. The fourth-order valence-corrected chi connectivity index (χ4v) is 2.33. The van der Waals surface area contributed by atoms with Crippen molar-refractivity contribution < 1.29 is 14.3 Å². The second-order valence-corrected chi connectivity index (χ2v) is 5.35. The van der Waals surface area contributed by atoms with E-state index in [1.54, 1.807) is 0 Å². The highest BCUT2D eigenvalue weighted by molar-refractivity contribution is 5.78. The molecule has 0 radical (unpaired) electrons. The van der Waals surface area contributed by atoms with Gasteiger partial charge < -0.3 is 10.1 Å². The quantitative estimate of drug-likeness (QED) is 0.678. The van der Waals surface area contributed by atoms with Gasteiger partial charge in [-0.25, -0.2) is 0 Å². The molecule has 1 saturated heterocycles. The molecule has 0 aromatic rings. The lowest BCUT2D eigenvalue weighted by atomic mass is 10.2. The molecule has 0 bridgehead atoms. The Bertz CT molecular complexity index is 336. The van der Waals surface area contributed by atoms with Gasteiger partial charge in [0.25, 0.3) is 0 Å². The van der Waals surface area contributed by atoms with Gasteiger partial charge >= 0.3 is 5.97 Å². The van der Waals surface area contributed by atoms with Crippen LogP contribution in [0.15, 0.2) is 0 Å². The summed E-state index contributed by atoms with van der Waals surface area (Å²) in [7, 11) is 1.41. The van der Waals surface area contributed by atoms with Crippen molar-refractivity contribution in [3.63, 3.8) is 0 Å². The van der Waals surface area contributed by atoms with Crippen LogP contribution in [0.1, 0.15) is 19.8 Å². The molecule has 1 saturated carbocycles. The van der Waals surface area contributed by atoms with Crippen LogP contribution in [0.5, 0.6) is 0 Å². The number of rotatable bonds is 5. The zero-order chi connectivity index (χ0) is 13.8. The molecule has 6 heteroatoms.